The highest BCUT2D eigenvalue weighted by Crippen LogP contribution is 2.02. The molecule has 0 aliphatic heterocycles. The van der Waals surface area contributed by atoms with Gasteiger partial charge in [-0.3, -0.25) is 24.0 Å². The van der Waals surface area contributed by atoms with Crippen molar-refractivity contribution in [3.63, 3.8) is 0 Å². The molecule has 0 spiro atoms. The van der Waals surface area contributed by atoms with Crippen molar-refractivity contribution >= 4 is 35.6 Å². The Hall–Kier alpha value is -3.26. The van der Waals surface area contributed by atoms with Crippen LogP contribution in [0.3, 0.4) is 0 Å². The Morgan fingerprint density at radius 2 is 1.29 bits per heavy atom. The first-order valence-electron chi connectivity index (χ1n) is 9.42. The maximum Gasteiger partial charge on any atom is 0.326 e. The molecule has 176 valence electrons. The molecule has 31 heavy (non-hydrogen) atoms. The van der Waals surface area contributed by atoms with Crippen molar-refractivity contribution in [1.82, 2.24) is 16.0 Å². The number of hydrogen-bond donors (Lipinski definition) is 8. The number of rotatable bonds is 15. The Kier molecular flexibility index (Phi) is 12.4. The lowest BCUT2D eigenvalue weighted by atomic mass is 10.1. The van der Waals surface area contributed by atoms with Crippen LogP contribution in [0.4, 0.5) is 0 Å². The van der Waals surface area contributed by atoms with Crippen LogP contribution in [0.1, 0.15) is 39.0 Å². The molecule has 0 aliphatic rings. The summed E-state index contributed by atoms with van der Waals surface area (Å²) in [5, 5.41) is 32.9. The molecule has 0 aliphatic carbocycles. The molecule has 10 N–H and O–H groups in total. The Bertz CT molecular complexity index is 685. The molecule has 0 radical (unpaired) electrons. The van der Waals surface area contributed by atoms with Gasteiger partial charge in [0.15, 0.2) is 0 Å². The number of hydrogen-bond acceptors (Lipinski definition) is 8. The van der Waals surface area contributed by atoms with E-state index in [4.69, 9.17) is 26.8 Å². The van der Waals surface area contributed by atoms with Crippen molar-refractivity contribution in [3.05, 3.63) is 0 Å². The average Bonchev–Trinajstić information content (AvgIpc) is 2.65. The third-order valence-corrected chi connectivity index (χ3v) is 4.06. The molecule has 0 rings (SSSR count). The van der Waals surface area contributed by atoms with Crippen molar-refractivity contribution in [2.75, 3.05) is 6.54 Å². The monoisotopic (exact) mass is 447 g/mol. The molecule has 0 aromatic rings. The van der Waals surface area contributed by atoms with Crippen LogP contribution >= 0.6 is 0 Å². The van der Waals surface area contributed by atoms with Crippen LogP contribution in [0.2, 0.25) is 0 Å². The summed E-state index contributed by atoms with van der Waals surface area (Å²) in [6, 6.07) is -5.63. The lowest BCUT2D eigenvalue weighted by Gasteiger charge is -2.22. The maximum absolute atomic E-state index is 12.4. The zero-order chi connectivity index (χ0) is 24.1. The van der Waals surface area contributed by atoms with Crippen LogP contribution in [0.5, 0.6) is 0 Å². The lowest BCUT2D eigenvalue weighted by molar-refractivity contribution is -0.147. The zero-order valence-electron chi connectivity index (χ0n) is 17.0. The van der Waals surface area contributed by atoms with E-state index in [1.807, 2.05) is 5.32 Å². The summed E-state index contributed by atoms with van der Waals surface area (Å²) >= 11 is 0. The number of carboxylic acids is 3. The number of carbonyl (C=O) groups is 6. The van der Waals surface area contributed by atoms with Gasteiger partial charge in [-0.2, -0.15) is 0 Å². The summed E-state index contributed by atoms with van der Waals surface area (Å²) in [5.74, 6) is -7.24. The fraction of sp³-hybridized carbons (Fsp3) is 0.647. The van der Waals surface area contributed by atoms with Crippen LogP contribution in [-0.2, 0) is 28.8 Å². The second-order valence-electron chi connectivity index (χ2n) is 6.78. The quantitative estimate of drug-likeness (QED) is 0.117. The van der Waals surface area contributed by atoms with Gasteiger partial charge in [0.1, 0.15) is 18.1 Å². The molecule has 3 amide bonds. The normalized spacial score (nSPS) is 14.4. The molecule has 4 atom stereocenters. The summed E-state index contributed by atoms with van der Waals surface area (Å²) in [4.78, 5) is 69.3. The Morgan fingerprint density at radius 1 is 0.774 bits per heavy atom. The highest BCUT2D eigenvalue weighted by Gasteiger charge is 2.30. The predicted molar refractivity (Wildman–Crippen MR) is 104 cm³/mol. The first kappa shape index (κ1) is 27.7. The van der Waals surface area contributed by atoms with Crippen molar-refractivity contribution in [3.8, 4) is 0 Å². The largest absolute Gasteiger partial charge is 0.481 e. The van der Waals surface area contributed by atoms with Gasteiger partial charge < -0.3 is 42.7 Å². The molecule has 14 nitrogen and oxygen atoms in total. The van der Waals surface area contributed by atoms with Gasteiger partial charge in [-0.25, -0.2) is 4.79 Å². The van der Waals surface area contributed by atoms with Crippen LogP contribution in [0.15, 0.2) is 0 Å². The van der Waals surface area contributed by atoms with Crippen molar-refractivity contribution in [1.29, 1.82) is 0 Å². The summed E-state index contributed by atoms with van der Waals surface area (Å²) in [6.45, 7) is 1.58. The van der Waals surface area contributed by atoms with E-state index in [1.54, 1.807) is 0 Å². The zero-order valence-corrected chi connectivity index (χ0v) is 17.0. The maximum atomic E-state index is 12.4. The van der Waals surface area contributed by atoms with Crippen LogP contribution in [-0.4, -0.2) is 81.7 Å². The predicted octanol–water partition coefficient (Wildman–Crippen LogP) is -3.05. The first-order valence-corrected chi connectivity index (χ1v) is 9.42. The van der Waals surface area contributed by atoms with E-state index in [0.29, 0.717) is 19.4 Å². The molecular formula is C17H29N5O9. The van der Waals surface area contributed by atoms with Gasteiger partial charge in [0.25, 0.3) is 0 Å². The molecule has 14 heteroatoms. The number of carboxylic acid groups (broad SMARTS) is 3. The molecule has 0 saturated heterocycles. The van der Waals surface area contributed by atoms with E-state index in [1.165, 1.54) is 6.92 Å². The standard InChI is InChI=1S/C17H29N5O9/c1-8(14(27)22-11(17(30)31)7-13(25)26)20-16(29)10(6-12(23)24)21-15(28)9(19)4-2-3-5-18/h8-11H,2-7,18-19H2,1H3,(H,20,29)(H,21,28)(H,22,27)(H,23,24)(H,25,26)(H,30,31). The first-order chi connectivity index (χ1) is 14.4. The van der Waals surface area contributed by atoms with E-state index in [-0.39, 0.29) is 6.42 Å². The van der Waals surface area contributed by atoms with E-state index in [9.17, 15) is 28.8 Å². The number of amides is 3. The molecule has 0 aromatic heterocycles. The second kappa shape index (κ2) is 13.9. The third-order valence-electron chi connectivity index (χ3n) is 4.06. The summed E-state index contributed by atoms with van der Waals surface area (Å²) < 4.78 is 0. The van der Waals surface area contributed by atoms with Crippen molar-refractivity contribution < 1.29 is 44.1 Å². The summed E-state index contributed by atoms with van der Waals surface area (Å²) in [5.41, 5.74) is 11.1. The van der Waals surface area contributed by atoms with Gasteiger partial charge >= 0.3 is 17.9 Å². The highest BCUT2D eigenvalue weighted by atomic mass is 16.4. The number of carbonyl (C=O) groups excluding carboxylic acids is 3. The highest BCUT2D eigenvalue weighted by molar-refractivity contribution is 5.95. The van der Waals surface area contributed by atoms with Gasteiger partial charge in [-0.05, 0) is 26.3 Å². The van der Waals surface area contributed by atoms with Crippen LogP contribution < -0.4 is 27.4 Å². The van der Waals surface area contributed by atoms with Gasteiger partial charge in [0.05, 0.1) is 18.9 Å². The Balaban J connectivity index is 5.03. The van der Waals surface area contributed by atoms with Gasteiger partial charge in [0.2, 0.25) is 17.7 Å². The number of unbranched alkanes of at least 4 members (excludes halogenated alkanes) is 1. The van der Waals surface area contributed by atoms with Gasteiger partial charge in [-0.1, -0.05) is 6.42 Å². The summed E-state index contributed by atoms with van der Waals surface area (Å²) in [6.07, 6.45) is -0.228. The second-order valence-corrected chi connectivity index (χ2v) is 6.78. The van der Waals surface area contributed by atoms with Crippen molar-refractivity contribution in [2.45, 2.75) is 63.2 Å². The van der Waals surface area contributed by atoms with E-state index >= 15 is 0 Å². The molecule has 0 bridgehead atoms. The molecule has 0 saturated carbocycles. The minimum absolute atomic E-state index is 0.267. The number of nitrogens with two attached hydrogens (primary N) is 2. The average molecular weight is 447 g/mol. The SMILES string of the molecule is CC(NC(=O)C(CC(=O)O)NC(=O)C(N)CCCCN)C(=O)NC(CC(=O)O)C(=O)O. The Morgan fingerprint density at radius 3 is 1.77 bits per heavy atom. The Labute approximate surface area is 177 Å². The van der Waals surface area contributed by atoms with E-state index < -0.39 is 72.6 Å². The molecular weight excluding hydrogens is 418 g/mol. The minimum Gasteiger partial charge on any atom is -0.481 e. The molecule has 0 fully saturated rings. The molecule has 4 unspecified atom stereocenters. The van der Waals surface area contributed by atoms with E-state index in [2.05, 4.69) is 10.6 Å². The smallest absolute Gasteiger partial charge is 0.326 e. The van der Waals surface area contributed by atoms with Crippen LogP contribution in [0.25, 0.3) is 0 Å². The fourth-order valence-electron chi connectivity index (χ4n) is 2.35. The molecule has 0 heterocycles. The summed E-state index contributed by atoms with van der Waals surface area (Å²) in [7, 11) is 0. The number of nitrogens with one attached hydrogen (secondary N) is 3. The van der Waals surface area contributed by atoms with Gasteiger partial charge in [-0.15, -0.1) is 0 Å². The van der Waals surface area contributed by atoms with E-state index in [0.717, 1.165) is 0 Å². The number of aliphatic carboxylic acids is 3. The third kappa shape index (κ3) is 11.5. The topological polar surface area (TPSA) is 251 Å². The van der Waals surface area contributed by atoms with Crippen LogP contribution in [0, 0.1) is 0 Å². The lowest BCUT2D eigenvalue weighted by Crippen LogP contribution is -2.56. The van der Waals surface area contributed by atoms with Crippen molar-refractivity contribution in [2.24, 2.45) is 11.5 Å². The van der Waals surface area contributed by atoms with Gasteiger partial charge in [0, 0.05) is 0 Å². The molecule has 0 aromatic carbocycles. The minimum atomic E-state index is -1.73. The fourth-order valence-corrected chi connectivity index (χ4v) is 2.35.